The number of nitrogens with zero attached hydrogens (tertiary/aromatic N) is 3. The molecule has 0 saturated carbocycles. The van der Waals surface area contributed by atoms with Gasteiger partial charge in [-0.1, -0.05) is 52.0 Å². The number of aromatic nitrogens is 2. The Morgan fingerprint density at radius 3 is 2.16 bits per heavy atom. The molecule has 0 aromatic carbocycles. The van der Waals surface area contributed by atoms with Crippen LogP contribution in [0, 0.1) is 23.7 Å². The number of ketones is 2. The lowest BCUT2D eigenvalue weighted by molar-refractivity contribution is -0.156. The van der Waals surface area contributed by atoms with Crippen LogP contribution in [0.1, 0.15) is 112 Å². The van der Waals surface area contributed by atoms with E-state index in [1.165, 1.54) is 43.8 Å². The van der Waals surface area contributed by atoms with Crippen molar-refractivity contribution in [2.45, 2.75) is 110 Å². The SMILES string of the molecule is COC(=O)c1coc(C/C=C/CC(C)C(CC(OC)C(C)CCC(=O)C(C)C(C/C=C/N(C)C=O)OC)OC(=O)CC(O)C/C=C/C(=O)C(C)C(OC)c2coc(C(N)=O)n2)n1. The number of amides is 2. The van der Waals surface area contributed by atoms with Crippen molar-refractivity contribution in [2.24, 2.45) is 29.4 Å². The van der Waals surface area contributed by atoms with Crippen LogP contribution < -0.4 is 5.73 Å². The molecule has 0 saturated heterocycles. The zero-order chi connectivity index (χ0) is 46.4. The first kappa shape index (κ1) is 52.8. The molecule has 3 N–H and O–H groups in total. The molecule has 2 amide bonds. The van der Waals surface area contributed by atoms with Crippen molar-refractivity contribution in [3.63, 3.8) is 0 Å². The van der Waals surface area contributed by atoms with Gasteiger partial charge in [0.1, 0.15) is 36.2 Å². The molecule has 0 aliphatic carbocycles. The highest BCUT2D eigenvalue weighted by molar-refractivity contribution is 5.92. The van der Waals surface area contributed by atoms with E-state index in [0.717, 1.165) is 0 Å². The van der Waals surface area contributed by atoms with Gasteiger partial charge in [-0.25, -0.2) is 14.8 Å². The van der Waals surface area contributed by atoms with E-state index in [-0.39, 0.29) is 66.0 Å². The van der Waals surface area contributed by atoms with Crippen molar-refractivity contribution >= 4 is 35.8 Å². The number of Topliss-reactive ketones (excluding diaryl/α,β-unsaturated/α-hetero) is 1. The molecule has 18 heteroatoms. The number of carbonyl (C=O) groups is 6. The van der Waals surface area contributed by atoms with Crippen LogP contribution in [0.5, 0.6) is 0 Å². The summed E-state index contributed by atoms with van der Waals surface area (Å²) in [6.45, 7) is 7.32. The minimum Gasteiger partial charge on any atom is -0.464 e. The zero-order valence-electron chi connectivity index (χ0n) is 37.2. The summed E-state index contributed by atoms with van der Waals surface area (Å²) in [7, 11) is 7.36. The molecule has 344 valence electrons. The van der Waals surface area contributed by atoms with E-state index in [2.05, 4.69) is 14.7 Å². The highest BCUT2D eigenvalue weighted by Crippen LogP contribution is 2.28. The van der Waals surface area contributed by atoms with Crippen LogP contribution in [0.4, 0.5) is 0 Å². The molecule has 0 fully saturated rings. The molecule has 0 bridgehead atoms. The minimum absolute atomic E-state index is 0.0217. The number of aliphatic hydroxyl groups excluding tert-OH is 1. The van der Waals surface area contributed by atoms with Gasteiger partial charge in [-0.05, 0) is 43.6 Å². The Morgan fingerprint density at radius 2 is 1.55 bits per heavy atom. The first-order valence-corrected chi connectivity index (χ1v) is 20.5. The van der Waals surface area contributed by atoms with Crippen LogP contribution >= 0.6 is 0 Å². The summed E-state index contributed by atoms with van der Waals surface area (Å²) in [5, 5.41) is 10.8. The number of methoxy groups -OCH3 is 4. The molecule has 2 rings (SSSR count). The molecule has 0 spiro atoms. The summed E-state index contributed by atoms with van der Waals surface area (Å²) in [5.74, 6) is -3.92. The van der Waals surface area contributed by atoms with Gasteiger partial charge in [-0.2, -0.15) is 0 Å². The van der Waals surface area contributed by atoms with E-state index in [1.807, 2.05) is 32.9 Å². The third kappa shape index (κ3) is 17.6. The molecule has 2 heterocycles. The van der Waals surface area contributed by atoms with Crippen molar-refractivity contribution in [3.05, 3.63) is 72.3 Å². The van der Waals surface area contributed by atoms with Crippen molar-refractivity contribution < 1.29 is 66.4 Å². The zero-order valence-corrected chi connectivity index (χ0v) is 37.2. The van der Waals surface area contributed by atoms with Crippen molar-refractivity contribution in [2.75, 3.05) is 35.5 Å². The highest BCUT2D eigenvalue weighted by Gasteiger charge is 2.31. The van der Waals surface area contributed by atoms with Gasteiger partial charge in [-0.3, -0.25) is 24.0 Å². The number of allylic oxidation sites excluding steroid dienone is 3. The second-order valence-corrected chi connectivity index (χ2v) is 15.3. The second-order valence-electron chi connectivity index (χ2n) is 15.3. The van der Waals surface area contributed by atoms with Gasteiger partial charge < -0.3 is 48.3 Å². The van der Waals surface area contributed by atoms with E-state index < -0.39 is 54.1 Å². The molecule has 0 radical (unpaired) electrons. The fraction of sp³-hybridized carbons (Fsp3) is 0.591. The van der Waals surface area contributed by atoms with E-state index in [9.17, 15) is 33.9 Å². The molecular weight excluding hydrogens is 808 g/mol. The number of rotatable bonds is 31. The fourth-order valence-corrected chi connectivity index (χ4v) is 6.57. The summed E-state index contributed by atoms with van der Waals surface area (Å²) in [6, 6.07) is 0. The quantitative estimate of drug-likeness (QED) is 0.0442. The maximum absolute atomic E-state index is 13.3. The number of oxazole rings is 2. The van der Waals surface area contributed by atoms with E-state index in [1.54, 1.807) is 40.5 Å². The molecule has 18 nitrogen and oxygen atoms in total. The van der Waals surface area contributed by atoms with Crippen LogP contribution in [0.2, 0.25) is 0 Å². The van der Waals surface area contributed by atoms with Crippen LogP contribution in [0.25, 0.3) is 0 Å². The number of hydrogen-bond donors (Lipinski definition) is 2. The third-order valence-electron chi connectivity index (χ3n) is 10.6. The Labute approximate surface area is 363 Å². The monoisotopic (exact) mass is 872 g/mol. The number of ether oxygens (including phenoxy) is 5. The van der Waals surface area contributed by atoms with Gasteiger partial charge in [-0.15, -0.1) is 0 Å². The largest absolute Gasteiger partial charge is 0.464 e. The Balaban J connectivity index is 2.11. The first-order valence-electron chi connectivity index (χ1n) is 20.5. The van der Waals surface area contributed by atoms with E-state index in [0.29, 0.717) is 44.4 Å². The van der Waals surface area contributed by atoms with Crippen molar-refractivity contribution in [1.82, 2.24) is 14.9 Å². The summed E-state index contributed by atoms with van der Waals surface area (Å²) in [5.41, 5.74) is 5.49. The highest BCUT2D eigenvalue weighted by atomic mass is 16.5. The van der Waals surface area contributed by atoms with Gasteiger partial charge in [0.05, 0.1) is 37.8 Å². The average Bonchev–Trinajstić information content (AvgIpc) is 3.95. The lowest BCUT2D eigenvalue weighted by atomic mass is 9.86. The number of nitrogens with two attached hydrogens (primary N) is 1. The summed E-state index contributed by atoms with van der Waals surface area (Å²) in [4.78, 5) is 83.0. The predicted octanol–water partition coefficient (Wildman–Crippen LogP) is 4.91. The van der Waals surface area contributed by atoms with Crippen LogP contribution in [0.15, 0.2) is 57.9 Å². The Kier molecular flexibility index (Phi) is 23.5. The minimum atomic E-state index is -1.16. The molecule has 0 aliphatic rings. The van der Waals surface area contributed by atoms with Crippen molar-refractivity contribution in [3.8, 4) is 0 Å². The van der Waals surface area contributed by atoms with E-state index in [4.69, 9.17) is 33.5 Å². The predicted molar refractivity (Wildman–Crippen MR) is 224 cm³/mol. The Bertz CT molecular complexity index is 1820. The fourth-order valence-electron chi connectivity index (χ4n) is 6.57. The molecule has 0 aliphatic heterocycles. The molecule has 2 aromatic rings. The third-order valence-corrected chi connectivity index (χ3v) is 10.6. The number of primary amides is 1. The van der Waals surface area contributed by atoms with Crippen molar-refractivity contribution in [1.29, 1.82) is 0 Å². The van der Waals surface area contributed by atoms with Gasteiger partial charge in [0.25, 0.3) is 5.89 Å². The smallest absolute Gasteiger partial charge is 0.360 e. The summed E-state index contributed by atoms with van der Waals surface area (Å²) >= 11 is 0. The Morgan fingerprint density at radius 1 is 0.839 bits per heavy atom. The number of esters is 2. The van der Waals surface area contributed by atoms with Crippen LogP contribution in [-0.2, 0) is 49.3 Å². The summed E-state index contributed by atoms with van der Waals surface area (Å²) < 4.78 is 38.0. The normalized spacial score (nSPS) is 16.3. The number of hydrogen-bond acceptors (Lipinski definition) is 16. The maximum atomic E-state index is 13.3. The second kappa shape index (κ2) is 27.6. The maximum Gasteiger partial charge on any atom is 0.360 e. The molecule has 9 unspecified atom stereocenters. The topological polar surface area (TPSA) is 250 Å². The molecule has 2 aromatic heterocycles. The molecule has 62 heavy (non-hydrogen) atoms. The molecular formula is C44H64N4O14. The van der Waals surface area contributed by atoms with Gasteiger partial charge in [0, 0.05) is 59.8 Å². The van der Waals surface area contributed by atoms with Crippen LogP contribution in [-0.4, -0.2) is 116 Å². The Hall–Kier alpha value is -5.30. The van der Waals surface area contributed by atoms with Gasteiger partial charge in [0.2, 0.25) is 6.41 Å². The molecule has 9 atom stereocenters. The first-order chi connectivity index (χ1) is 29.5. The summed E-state index contributed by atoms with van der Waals surface area (Å²) in [6.07, 6.45) is 11.5. The van der Waals surface area contributed by atoms with Gasteiger partial charge >= 0.3 is 17.8 Å². The van der Waals surface area contributed by atoms with Crippen LogP contribution in [0.3, 0.4) is 0 Å². The number of carbonyl (C=O) groups excluding carboxylic acids is 6. The average molecular weight is 873 g/mol. The number of aliphatic hydroxyl groups is 1. The lowest BCUT2D eigenvalue weighted by Gasteiger charge is -2.30. The lowest BCUT2D eigenvalue weighted by Crippen LogP contribution is -2.34. The standard InChI is InChI=1S/C44H64N4O14/c1-27(14-10-11-18-39-46-33(25-60-39)44(55)59-9)38(23-37(57-7)28(2)19-20-35(52)29(3)36(56-6)17-13-21-48(5)26-49)62-40(53)22-31(50)15-12-16-34(51)30(4)41(58-8)32-24-61-43(47-32)42(45)54/h10-13,16,21,24-31,36-38,41,50H,14-15,17-20,22-23H2,1-9H3,(H2,45,54)/b11-10+,16-12+,21-13+. The van der Waals surface area contributed by atoms with Gasteiger partial charge in [0.15, 0.2) is 17.4 Å². The van der Waals surface area contributed by atoms with E-state index >= 15 is 0 Å².